The van der Waals surface area contributed by atoms with Crippen LogP contribution in [0, 0.1) is 0 Å². The van der Waals surface area contributed by atoms with Gasteiger partial charge in [0.1, 0.15) is 9.75 Å². The Morgan fingerprint density at radius 3 is 1.40 bits per heavy atom. The first-order valence-electron chi connectivity index (χ1n) is 18.8. The summed E-state index contributed by atoms with van der Waals surface area (Å²) in [4.78, 5) is 74.8. The van der Waals surface area contributed by atoms with Gasteiger partial charge in [-0.1, -0.05) is 13.2 Å². The second-order valence-corrected chi connectivity index (χ2v) is 16.5. The second kappa shape index (κ2) is 17.4. The highest BCUT2D eigenvalue weighted by atomic mass is 32.1. The van der Waals surface area contributed by atoms with Gasteiger partial charge in [-0.3, -0.25) is 28.8 Å². The molecule has 0 unspecified atom stereocenters. The molecule has 58 heavy (non-hydrogen) atoms. The largest absolute Gasteiger partial charge is 0.381 e. The van der Waals surface area contributed by atoms with E-state index < -0.39 is 0 Å². The van der Waals surface area contributed by atoms with Crippen molar-refractivity contribution in [2.75, 3.05) is 50.2 Å². The van der Waals surface area contributed by atoms with Crippen LogP contribution in [0.2, 0.25) is 0 Å². The summed E-state index contributed by atoms with van der Waals surface area (Å²) in [6.45, 7) is 13.3. The van der Waals surface area contributed by atoms with Crippen LogP contribution in [0.5, 0.6) is 0 Å². The van der Waals surface area contributed by atoms with Gasteiger partial charge in [0.2, 0.25) is 11.8 Å². The SMILES string of the molecule is C=CC(=O)N[C@@H]1COC[C@@H]1NC(=O)c1ccc2sc3c(c2c1)NC[C@@H](C)NC3=O.C=CC(=O)N[C@H]1COC[C@H]1NC(=O)c1ccc2sc3c(c2c1)NC[C@@H](C)NC3=O. The average molecular weight is 829 g/mol. The highest BCUT2D eigenvalue weighted by Crippen LogP contribution is 2.38. The maximum absolute atomic E-state index is 12.8. The highest BCUT2D eigenvalue weighted by Gasteiger charge is 2.33. The van der Waals surface area contributed by atoms with E-state index in [1.807, 2.05) is 26.0 Å². The first-order chi connectivity index (χ1) is 27.9. The number of hydrogen-bond donors (Lipinski definition) is 8. The molecule has 6 atom stereocenters. The van der Waals surface area contributed by atoms with Gasteiger partial charge >= 0.3 is 0 Å². The van der Waals surface area contributed by atoms with Crippen LogP contribution in [0.4, 0.5) is 11.4 Å². The number of anilines is 2. The molecule has 0 bridgehead atoms. The van der Waals surface area contributed by atoms with Gasteiger partial charge in [0.15, 0.2) is 0 Å². The van der Waals surface area contributed by atoms with Crippen LogP contribution in [0.3, 0.4) is 0 Å². The fourth-order valence-corrected chi connectivity index (χ4v) is 9.13. The van der Waals surface area contributed by atoms with Crippen molar-refractivity contribution in [2.24, 2.45) is 0 Å². The highest BCUT2D eigenvalue weighted by molar-refractivity contribution is 7.22. The van der Waals surface area contributed by atoms with E-state index in [0.29, 0.717) is 60.4 Å². The molecule has 2 saturated heterocycles. The van der Waals surface area contributed by atoms with Gasteiger partial charge in [-0.05, 0) is 62.4 Å². The lowest BCUT2D eigenvalue weighted by Crippen LogP contribution is -2.50. The van der Waals surface area contributed by atoms with E-state index in [4.69, 9.17) is 9.47 Å². The molecule has 0 aliphatic carbocycles. The summed E-state index contributed by atoms with van der Waals surface area (Å²) >= 11 is 2.81. The maximum atomic E-state index is 12.8. The molecule has 6 heterocycles. The molecule has 6 amide bonds. The monoisotopic (exact) mass is 828 g/mol. The summed E-state index contributed by atoms with van der Waals surface area (Å²) in [6.07, 6.45) is 2.38. The molecule has 2 aromatic heterocycles. The van der Waals surface area contributed by atoms with Crippen LogP contribution in [0.1, 0.15) is 53.9 Å². The zero-order valence-corrected chi connectivity index (χ0v) is 33.5. The third-order valence-electron chi connectivity index (χ3n) is 10.1. The van der Waals surface area contributed by atoms with Gasteiger partial charge < -0.3 is 52.0 Å². The Morgan fingerprint density at radius 1 is 0.638 bits per heavy atom. The number of hydrogen-bond acceptors (Lipinski definition) is 12. The fourth-order valence-electron chi connectivity index (χ4n) is 7.00. The van der Waals surface area contributed by atoms with Gasteiger partial charge in [-0.25, -0.2) is 0 Å². The van der Waals surface area contributed by atoms with E-state index in [0.717, 1.165) is 31.5 Å². The van der Waals surface area contributed by atoms with E-state index in [9.17, 15) is 28.8 Å². The van der Waals surface area contributed by atoms with Crippen LogP contribution in [0.25, 0.3) is 20.2 Å². The van der Waals surface area contributed by atoms with Crippen molar-refractivity contribution in [3.8, 4) is 0 Å². The third-order valence-corrected chi connectivity index (χ3v) is 12.4. The lowest BCUT2D eigenvalue weighted by atomic mass is 10.1. The Morgan fingerprint density at radius 2 is 1.02 bits per heavy atom. The first kappa shape index (κ1) is 40.4. The summed E-state index contributed by atoms with van der Waals surface area (Å²) in [5.74, 6) is -1.33. The molecule has 8 rings (SSSR count). The van der Waals surface area contributed by atoms with Crippen molar-refractivity contribution < 1.29 is 38.2 Å². The van der Waals surface area contributed by atoms with Gasteiger partial charge in [-0.2, -0.15) is 0 Å². The molecule has 8 N–H and O–H groups in total. The molecular formula is C40H44N8O8S2. The number of nitrogens with one attached hydrogen (secondary N) is 8. The Kier molecular flexibility index (Phi) is 12.1. The molecule has 0 radical (unpaired) electrons. The molecule has 4 aliphatic heterocycles. The first-order valence-corrected chi connectivity index (χ1v) is 20.4. The zero-order valence-electron chi connectivity index (χ0n) is 31.8. The second-order valence-electron chi connectivity index (χ2n) is 14.4. The molecular weight excluding hydrogens is 785 g/mol. The van der Waals surface area contributed by atoms with E-state index in [2.05, 4.69) is 55.7 Å². The number of ether oxygens (including phenoxy) is 2. The normalized spacial score (nSPS) is 23.5. The van der Waals surface area contributed by atoms with Crippen molar-refractivity contribution in [1.29, 1.82) is 0 Å². The summed E-state index contributed by atoms with van der Waals surface area (Å²) in [5, 5.41) is 25.6. The molecule has 2 fully saturated rings. The number of fused-ring (bicyclic) bond motifs is 6. The van der Waals surface area contributed by atoms with Crippen molar-refractivity contribution >= 4 is 89.7 Å². The smallest absolute Gasteiger partial charge is 0.263 e. The molecule has 0 saturated carbocycles. The molecule has 2 aromatic carbocycles. The average Bonchev–Trinajstić information content (AvgIpc) is 3.98. The van der Waals surface area contributed by atoms with Crippen molar-refractivity contribution in [3.63, 3.8) is 0 Å². The molecule has 4 aliphatic rings. The van der Waals surface area contributed by atoms with Crippen molar-refractivity contribution in [3.05, 3.63) is 82.6 Å². The summed E-state index contributed by atoms with van der Waals surface area (Å²) in [5.41, 5.74) is 2.50. The number of rotatable bonds is 8. The van der Waals surface area contributed by atoms with E-state index >= 15 is 0 Å². The van der Waals surface area contributed by atoms with E-state index in [1.165, 1.54) is 34.8 Å². The third kappa shape index (κ3) is 8.69. The summed E-state index contributed by atoms with van der Waals surface area (Å²) in [6, 6.07) is 9.54. The van der Waals surface area contributed by atoms with Gasteiger partial charge in [-0.15, -0.1) is 22.7 Å². The summed E-state index contributed by atoms with van der Waals surface area (Å²) < 4.78 is 12.7. The number of thiophene rings is 2. The Bertz CT molecular complexity index is 2160. The number of carbonyl (C=O) groups excluding carboxylic acids is 6. The predicted octanol–water partition coefficient (Wildman–Crippen LogP) is 2.49. The molecule has 4 aromatic rings. The van der Waals surface area contributed by atoms with Crippen molar-refractivity contribution in [1.82, 2.24) is 31.9 Å². The molecule has 16 nitrogen and oxygen atoms in total. The topological polar surface area (TPSA) is 217 Å². The number of amides is 6. The Balaban J connectivity index is 0.000000177. The molecule has 304 valence electrons. The minimum absolute atomic E-state index is 0.0220. The lowest BCUT2D eigenvalue weighted by molar-refractivity contribution is -0.118. The van der Waals surface area contributed by atoms with Crippen LogP contribution in [-0.4, -0.2) is 111 Å². The molecule has 0 spiro atoms. The minimum atomic E-state index is -0.327. The van der Waals surface area contributed by atoms with Crippen LogP contribution in [-0.2, 0) is 19.1 Å². The predicted molar refractivity (Wildman–Crippen MR) is 223 cm³/mol. The number of benzene rings is 2. The lowest BCUT2D eigenvalue weighted by Gasteiger charge is -2.19. The van der Waals surface area contributed by atoms with Crippen molar-refractivity contribution in [2.45, 2.75) is 50.1 Å². The quantitative estimate of drug-likeness (QED) is 0.122. The van der Waals surface area contributed by atoms with Crippen LogP contribution >= 0.6 is 22.7 Å². The minimum Gasteiger partial charge on any atom is -0.381 e. The van der Waals surface area contributed by atoms with E-state index in [-0.39, 0.29) is 71.7 Å². The Labute approximate surface area is 341 Å². The van der Waals surface area contributed by atoms with E-state index in [1.54, 1.807) is 24.3 Å². The van der Waals surface area contributed by atoms with Crippen LogP contribution < -0.4 is 42.5 Å². The van der Waals surface area contributed by atoms with Gasteiger partial charge in [0, 0.05) is 56.5 Å². The Hall–Kier alpha value is -5.82. The standard InChI is InChI=1S/2C20H22N4O4S/c2*1-3-16(25)23-13-8-28-9-14(13)24-19(26)11-4-5-15-12(6-11)17-18(29-15)20(27)22-10(2)7-21-17/h2*3-6,10,13-14,21H,1,7-9H2,2H3,(H,22,27)(H,23,25)(H,24,26)/t10-,13+,14-;10-,13-,14+/m11/s1. The molecule has 18 heteroatoms. The number of carbonyl (C=O) groups is 6. The fraction of sp³-hybridized carbons (Fsp3) is 0.350. The van der Waals surface area contributed by atoms with Gasteiger partial charge in [0.25, 0.3) is 23.6 Å². The summed E-state index contributed by atoms with van der Waals surface area (Å²) in [7, 11) is 0. The van der Waals surface area contributed by atoms with Gasteiger partial charge in [0.05, 0.1) is 62.0 Å². The zero-order chi connectivity index (χ0) is 41.1. The van der Waals surface area contributed by atoms with Crippen LogP contribution in [0.15, 0.2) is 61.7 Å². The maximum Gasteiger partial charge on any atom is 0.263 e.